The van der Waals surface area contributed by atoms with Crippen LogP contribution in [0.5, 0.6) is 0 Å². The van der Waals surface area contributed by atoms with Crippen molar-refractivity contribution in [3.05, 3.63) is 83.9 Å². The SMILES string of the molecule is CC(=O)O[C@@H](C(=O)C=CC(=O)CCCCCCO)[C@@H](Cc1ccccc1)C(=O)N1C(=O)O[C@@H](c2ccccc2)[C@H]1C. The molecule has 218 valence electrons. The van der Waals surface area contributed by atoms with E-state index < -0.39 is 47.9 Å². The number of imide groups is 1. The number of unbranched alkanes of at least 4 members (excludes halogenated alkanes) is 3. The van der Waals surface area contributed by atoms with E-state index in [0.29, 0.717) is 24.0 Å². The number of cyclic esters (lactones) is 1. The van der Waals surface area contributed by atoms with E-state index in [9.17, 15) is 24.0 Å². The third-order valence-electron chi connectivity index (χ3n) is 6.95. The Kier molecular flexibility index (Phi) is 12.0. The van der Waals surface area contributed by atoms with E-state index in [-0.39, 0.29) is 25.2 Å². The number of ketones is 2. The van der Waals surface area contributed by atoms with Gasteiger partial charge in [-0.3, -0.25) is 19.2 Å². The quantitative estimate of drug-likeness (QED) is 0.190. The molecule has 9 heteroatoms. The average molecular weight is 564 g/mol. The molecule has 0 bridgehead atoms. The van der Waals surface area contributed by atoms with Crippen molar-refractivity contribution in [2.45, 2.75) is 70.6 Å². The summed E-state index contributed by atoms with van der Waals surface area (Å²) in [5, 5.41) is 8.87. The number of esters is 1. The maximum Gasteiger partial charge on any atom is 0.417 e. The van der Waals surface area contributed by atoms with Crippen LogP contribution in [0.25, 0.3) is 0 Å². The molecular formula is C32H37NO8. The van der Waals surface area contributed by atoms with Gasteiger partial charge in [0, 0.05) is 20.0 Å². The molecule has 0 aromatic heterocycles. The van der Waals surface area contributed by atoms with E-state index in [4.69, 9.17) is 14.6 Å². The van der Waals surface area contributed by atoms with Crippen molar-refractivity contribution in [2.75, 3.05) is 6.61 Å². The summed E-state index contributed by atoms with van der Waals surface area (Å²) in [5.74, 6) is -3.76. The number of aliphatic hydroxyl groups is 1. The Morgan fingerprint density at radius 1 is 0.951 bits per heavy atom. The molecule has 1 heterocycles. The van der Waals surface area contributed by atoms with Crippen LogP contribution in [0.4, 0.5) is 4.79 Å². The number of nitrogens with zero attached hydrogens (tertiary/aromatic N) is 1. The highest BCUT2D eigenvalue weighted by Crippen LogP contribution is 2.34. The zero-order chi connectivity index (χ0) is 29.8. The van der Waals surface area contributed by atoms with E-state index in [0.717, 1.165) is 36.8 Å². The third kappa shape index (κ3) is 8.94. The number of amides is 2. The van der Waals surface area contributed by atoms with E-state index >= 15 is 0 Å². The van der Waals surface area contributed by atoms with Gasteiger partial charge in [-0.1, -0.05) is 73.5 Å². The first kappa shape index (κ1) is 31.4. The minimum Gasteiger partial charge on any atom is -0.453 e. The minimum absolute atomic E-state index is 0.00249. The lowest BCUT2D eigenvalue weighted by Crippen LogP contribution is -2.48. The van der Waals surface area contributed by atoms with Gasteiger partial charge in [-0.15, -0.1) is 0 Å². The van der Waals surface area contributed by atoms with Gasteiger partial charge >= 0.3 is 12.1 Å². The molecule has 1 N–H and O–H groups in total. The molecule has 0 aliphatic carbocycles. The number of hydrogen-bond acceptors (Lipinski definition) is 8. The van der Waals surface area contributed by atoms with Crippen LogP contribution in [0.15, 0.2) is 72.8 Å². The Bertz CT molecular complexity index is 1230. The van der Waals surface area contributed by atoms with Crippen molar-refractivity contribution < 1.29 is 38.6 Å². The summed E-state index contributed by atoms with van der Waals surface area (Å²) in [5.41, 5.74) is 1.41. The number of allylic oxidation sites excluding steroid dienone is 1. The Morgan fingerprint density at radius 2 is 1.59 bits per heavy atom. The van der Waals surface area contributed by atoms with Gasteiger partial charge in [0.15, 0.2) is 17.7 Å². The molecule has 1 aliphatic heterocycles. The van der Waals surface area contributed by atoms with Crippen LogP contribution >= 0.6 is 0 Å². The van der Waals surface area contributed by atoms with Crippen LogP contribution in [0.1, 0.15) is 63.2 Å². The second-order valence-electron chi connectivity index (χ2n) is 10.1. The molecule has 3 rings (SSSR count). The lowest BCUT2D eigenvalue weighted by atomic mass is 9.89. The molecule has 9 nitrogen and oxygen atoms in total. The largest absolute Gasteiger partial charge is 0.453 e. The predicted molar refractivity (Wildman–Crippen MR) is 150 cm³/mol. The number of aliphatic hydroxyl groups excluding tert-OH is 1. The van der Waals surface area contributed by atoms with E-state index in [1.807, 2.05) is 6.07 Å². The highest BCUT2D eigenvalue weighted by atomic mass is 16.6. The van der Waals surface area contributed by atoms with Crippen LogP contribution in [0.3, 0.4) is 0 Å². The van der Waals surface area contributed by atoms with E-state index in [2.05, 4.69) is 0 Å². The van der Waals surface area contributed by atoms with Gasteiger partial charge in [-0.05, 0) is 49.5 Å². The fourth-order valence-corrected chi connectivity index (χ4v) is 4.85. The number of carbonyl (C=O) groups excluding carboxylic acids is 5. The van der Waals surface area contributed by atoms with Crippen LogP contribution in [-0.2, 0) is 35.1 Å². The zero-order valence-corrected chi connectivity index (χ0v) is 23.4. The summed E-state index contributed by atoms with van der Waals surface area (Å²) in [6.07, 6.45) is 2.11. The second-order valence-corrected chi connectivity index (χ2v) is 10.1. The maximum atomic E-state index is 14.0. The highest BCUT2D eigenvalue weighted by Gasteiger charge is 2.48. The molecule has 1 aliphatic rings. The molecule has 0 saturated carbocycles. The summed E-state index contributed by atoms with van der Waals surface area (Å²) >= 11 is 0. The monoisotopic (exact) mass is 563 g/mol. The van der Waals surface area contributed by atoms with Gasteiger partial charge in [-0.25, -0.2) is 9.69 Å². The van der Waals surface area contributed by atoms with Gasteiger partial charge in [0.05, 0.1) is 12.0 Å². The smallest absolute Gasteiger partial charge is 0.417 e. The first-order valence-corrected chi connectivity index (χ1v) is 13.9. The fourth-order valence-electron chi connectivity index (χ4n) is 4.85. The summed E-state index contributed by atoms with van der Waals surface area (Å²) in [4.78, 5) is 65.8. The van der Waals surface area contributed by atoms with Crippen LogP contribution in [0, 0.1) is 5.92 Å². The van der Waals surface area contributed by atoms with Gasteiger partial charge in [-0.2, -0.15) is 0 Å². The first-order valence-electron chi connectivity index (χ1n) is 13.9. The molecule has 2 amide bonds. The molecule has 2 aromatic carbocycles. The lowest BCUT2D eigenvalue weighted by Gasteiger charge is -2.28. The lowest BCUT2D eigenvalue weighted by molar-refractivity contribution is -0.158. The number of ether oxygens (including phenoxy) is 2. The molecule has 2 aromatic rings. The van der Waals surface area contributed by atoms with Crippen LogP contribution < -0.4 is 0 Å². The fraction of sp³-hybridized carbons (Fsp3) is 0.406. The number of hydrogen-bond donors (Lipinski definition) is 1. The molecule has 0 radical (unpaired) electrons. The van der Waals surface area contributed by atoms with Gasteiger partial charge in [0.1, 0.15) is 6.10 Å². The summed E-state index contributed by atoms with van der Waals surface area (Å²) in [6, 6.07) is 17.2. The van der Waals surface area contributed by atoms with Crippen molar-refractivity contribution in [3.8, 4) is 0 Å². The Balaban J connectivity index is 1.86. The maximum absolute atomic E-state index is 14.0. The van der Waals surface area contributed by atoms with Crippen molar-refractivity contribution in [1.82, 2.24) is 4.90 Å². The average Bonchev–Trinajstić information content (AvgIpc) is 3.27. The van der Waals surface area contributed by atoms with Crippen LogP contribution in [0.2, 0.25) is 0 Å². The predicted octanol–water partition coefficient (Wildman–Crippen LogP) is 4.52. The number of rotatable bonds is 15. The van der Waals surface area contributed by atoms with Crippen molar-refractivity contribution >= 4 is 29.5 Å². The number of benzene rings is 2. The molecule has 41 heavy (non-hydrogen) atoms. The first-order chi connectivity index (χ1) is 19.7. The Hall–Kier alpha value is -4.11. The highest BCUT2D eigenvalue weighted by molar-refractivity contribution is 6.04. The topological polar surface area (TPSA) is 127 Å². The Labute approximate surface area is 240 Å². The number of carbonyl (C=O) groups is 5. The summed E-state index contributed by atoms with van der Waals surface area (Å²) in [6.45, 7) is 2.91. The minimum atomic E-state index is -1.57. The van der Waals surface area contributed by atoms with Gasteiger partial charge in [0.25, 0.3) is 0 Å². The summed E-state index contributed by atoms with van der Waals surface area (Å²) < 4.78 is 10.9. The zero-order valence-electron chi connectivity index (χ0n) is 23.4. The van der Waals surface area contributed by atoms with Gasteiger partial charge in [0.2, 0.25) is 5.91 Å². The third-order valence-corrected chi connectivity index (χ3v) is 6.95. The standard InChI is InChI=1S/C32H37NO8/c1-22-29(25-15-9-6-10-16-25)41-32(39)33(22)31(38)27(21-24-13-7-5-8-14-24)30(40-23(2)35)28(37)19-18-26(36)17-11-3-4-12-20-34/h5-10,13-16,18-19,22,27,29-30,34H,3-4,11-12,17,20-21H2,1-2H3/t22-,27-,29-,30-/m1/s1. The molecule has 4 atom stereocenters. The van der Waals surface area contributed by atoms with Gasteiger partial charge < -0.3 is 14.6 Å². The van der Waals surface area contributed by atoms with E-state index in [1.165, 1.54) is 0 Å². The normalized spacial score (nSPS) is 18.1. The van der Waals surface area contributed by atoms with Crippen LogP contribution in [-0.4, -0.2) is 58.3 Å². The molecule has 0 unspecified atom stereocenters. The van der Waals surface area contributed by atoms with Crippen molar-refractivity contribution in [2.24, 2.45) is 5.92 Å². The van der Waals surface area contributed by atoms with E-state index in [1.54, 1.807) is 61.5 Å². The van der Waals surface area contributed by atoms with Crippen molar-refractivity contribution in [1.29, 1.82) is 0 Å². The van der Waals surface area contributed by atoms with Crippen molar-refractivity contribution in [3.63, 3.8) is 0 Å². The molecule has 0 spiro atoms. The second kappa shape index (κ2) is 15.6. The molecule has 1 saturated heterocycles. The summed E-state index contributed by atoms with van der Waals surface area (Å²) in [7, 11) is 0. The molecule has 1 fully saturated rings. The molecular weight excluding hydrogens is 526 g/mol. The Morgan fingerprint density at radius 3 is 2.22 bits per heavy atom.